The van der Waals surface area contributed by atoms with Crippen LogP contribution in [0.1, 0.15) is 25.0 Å². The third-order valence-electron chi connectivity index (χ3n) is 1.75. The molecule has 1 heterocycles. The molecule has 0 saturated heterocycles. The van der Waals surface area contributed by atoms with Gasteiger partial charge in [0, 0.05) is 13.7 Å². The zero-order valence-corrected chi connectivity index (χ0v) is 8.71. The van der Waals surface area contributed by atoms with Crippen LogP contribution in [-0.4, -0.2) is 21.4 Å². The fourth-order valence-electron chi connectivity index (χ4n) is 0.948. The van der Waals surface area contributed by atoms with Crippen molar-refractivity contribution in [1.82, 2.24) is 14.8 Å². The Kier molecular flexibility index (Phi) is 4.18. The van der Waals surface area contributed by atoms with Gasteiger partial charge in [0.15, 0.2) is 5.82 Å². The van der Waals surface area contributed by atoms with Gasteiger partial charge >= 0.3 is 0 Å². The van der Waals surface area contributed by atoms with E-state index in [0.717, 1.165) is 24.7 Å². The highest BCUT2D eigenvalue weighted by Crippen LogP contribution is 2.03. The number of ether oxygens (including phenoxy) is 1. The summed E-state index contributed by atoms with van der Waals surface area (Å²) in [7, 11) is 1.89. The lowest BCUT2D eigenvalue weighted by atomic mass is 10.5. The Bertz CT molecular complexity index is 262. The average Bonchev–Trinajstić information content (AvgIpc) is 2.48. The second kappa shape index (κ2) is 5.19. The van der Waals surface area contributed by atoms with E-state index in [-0.39, 0.29) is 0 Å². The molecule has 0 aromatic carbocycles. The van der Waals surface area contributed by atoms with Crippen molar-refractivity contribution in [2.75, 3.05) is 6.61 Å². The molecule has 0 fully saturated rings. The lowest BCUT2D eigenvalue weighted by Crippen LogP contribution is -2.03. The molecule has 0 aliphatic heterocycles. The monoisotopic (exact) mass is 203 g/mol. The third kappa shape index (κ3) is 2.67. The Labute approximate surface area is 82.9 Å². The van der Waals surface area contributed by atoms with E-state index >= 15 is 0 Å². The molecule has 0 aliphatic rings. The molecule has 1 aromatic heterocycles. The van der Waals surface area contributed by atoms with Crippen molar-refractivity contribution in [2.45, 2.75) is 25.8 Å². The topological polar surface area (TPSA) is 39.9 Å². The zero-order valence-electron chi connectivity index (χ0n) is 7.96. The highest BCUT2D eigenvalue weighted by molar-refractivity contribution is 6.16. The molecular formula is C8H14ClN3O. The minimum atomic E-state index is 0.386. The summed E-state index contributed by atoms with van der Waals surface area (Å²) in [6, 6.07) is 0. The number of rotatable bonds is 5. The molecule has 5 heteroatoms. The van der Waals surface area contributed by atoms with Crippen molar-refractivity contribution in [3.8, 4) is 0 Å². The number of hydrogen-bond acceptors (Lipinski definition) is 3. The molecule has 0 saturated carbocycles. The van der Waals surface area contributed by atoms with E-state index in [0.29, 0.717) is 12.5 Å². The SMILES string of the molecule is CCCOCc1nnc(CCl)n1C. The third-order valence-corrected chi connectivity index (χ3v) is 1.99. The Morgan fingerprint density at radius 2 is 2.08 bits per heavy atom. The highest BCUT2D eigenvalue weighted by Gasteiger charge is 2.06. The fraction of sp³-hybridized carbons (Fsp3) is 0.750. The minimum Gasteiger partial charge on any atom is -0.373 e. The van der Waals surface area contributed by atoms with Crippen molar-refractivity contribution in [3.05, 3.63) is 11.6 Å². The normalized spacial score (nSPS) is 10.7. The van der Waals surface area contributed by atoms with Gasteiger partial charge in [0.1, 0.15) is 12.4 Å². The number of aromatic nitrogens is 3. The van der Waals surface area contributed by atoms with E-state index in [2.05, 4.69) is 17.1 Å². The van der Waals surface area contributed by atoms with Gasteiger partial charge in [-0.1, -0.05) is 6.92 Å². The van der Waals surface area contributed by atoms with E-state index in [1.54, 1.807) is 0 Å². The largest absolute Gasteiger partial charge is 0.373 e. The number of halogens is 1. The predicted molar refractivity (Wildman–Crippen MR) is 50.5 cm³/mol. The van der Waals surface area contributed by atoms with Crippen molar-refractivity contribution in [2.24, 2.45) is 7.05 Å². The number of hydrogen-bond donors (Lipinski definition) is 0. The Balaban J connectivity index is 2.51. The van der Waals surface area contributed by atoms with Gasteiger partial charge in [-0.3, -0.25) is 0 Å². The van der Waals surface area contributed by atoms with Crippen LogP contribution >= 0.6 is 11.6 Å². The summed E-state index contributed by atoms with van der Waals surface area (Å²) >= 11 is 5.64. The van der Waals surface area contributed by atoms with Crippen LogP contribution in [0.5, 0.6) is 0 Å². The molecule has 0 spiro atoms. The first-order valence-corrected chi connectivity index (χ1v) is 4.83. The minimum absolute atomic E-state index is 0.386. The molecule has 4 nitrogen and oxygen atoms in total. The smallest absolute Gasteiger partial charge is 0.158 e. The zero-order chi connectivity index (χ0) is 9.68. The first-order valence-electron chi connectivity index (χ1n) is 4.30. The maximum absolute atomic E-state index is 5.64. The summed E-state index contributed by atoms with van der Waals surface area (Å²) in [6.07, 6.45) is 1.01. The molecule has 0 bridgehead atoms. The lowest BCUT2D eigenvalue weighted by molar-refractivity contribution is 0.114. The molecule has 0 radical (unpaired) electrons. The van der Waals surface area contributed by atoms with Crippen LogP contribution in [-0.2, 0) is 24.3 Å². The number of nitrogens with zero attached hydrogens (tertiary/aromatic N) is 3. The van der Waals surface area contributed by atoms with Gasteiger partial charge in [0.05, 0.1) is 5.88 Å². The fourth-order valence-corrected chi connectivity index (χ4v) is 1.18. The first-order chi connectivity index (χ1) is 6.29. The molecule has 1 rings (SSSR count). The van der Waals surface area contributed by atoms with Gasteiger partial charge in [-0.2, -0.15) is 0 Å². The molecule has 13 heavy (non-hydrogen) atoms. The van der Waals surface area contributed by atoms with Crippen LogP contribution in [0, 0.1) is 0 Å². The summed E-state index contributed by atoms with van der Waals surface area (Å²) in [5.41, 5.74) is 0. The van der Waals surface area contributed by atoms with E-state index in [1.165, 1.54) is 0 Å². The van der Waals surface area contributed by atoms with Crippen molar-refractivity contribution in [3.63, 3.8) is 0 Å². The van der Waals surface area contributed by atoms with E-state index in [4.69, 9.17) is 16.3 Å². The standard InChI is InChI=1S/C8H14ClN3O/c1-3-4-13-6-8-11-10-7(5-9)12(8)2/h3-6H2,1-2H3. The molecule has 0 amide bonds. The van der Waals surface area contributed by atoms with Crippen molar-refractivity contribution < 1.29 is 4.74 Å². The van der Waals surface area contributed by atoms with Gasteiger partial charge in [0.25, 0.3) is 0 Å². The summed E-state index contributed by atoms with van der Waals surface area (Å²) < 4.78 is 7.20. The molecule has 1 aromatic rings. The Hall–Kier alpha value is -0.610. The maximum atomic E-state index is 5.64. The predicted octanol–water partition coefficient (Wildman–Crippen LogP) is 1.48. The van der Waals surface area contributed by atoms with Gasteiger partial charge in [0.2, 0.25) is 0 Å². The molecular weight excluding hydrogens is 190 g/mol. The van der Waals surface area contributed by atoms with E-state index in [1.807, 2.05) is 11.6 Å². The molecule has 0 unspecified atom stereocenters. The van der Waals surface area contributed by atoms with Gasteiger partial charge in [-0.05, 0) is 6.42 Å². The van der Waals surface area contributed by atoms with Crippen molar-refractivity contribution >= 4 is 11.6 Å². The van der Waals surface area contributed by atoms with E-state index in [9.17, 15) is 0 Å². The van der Waals surface area contributed by atoms with Gasteiger partial charge in [-0.15, -0.1) is 21.8 Å². The van der Waals surface area contributed by atoms with Crippen LogP contribution in [0.2, 0.25) is 0 Å². The Morgan fingerprint density at radius 1 is 1.38 bits per heavy atom. The molecule has 0 atom stereocenters. The second-order valence-electron chi connectivity index (χ2n) is 2.78. The number of alkyl halides is 1. The highest BCUT2D eigenvalue weighted by atomic mass is 35.5. The van der Waals surface area contributed by atoms with Crippen molar-refractivity contribution in [1.29, 1.82) is 0 Å². The molecule has 0 aliphatic carbocycles. The molecule has 0 N–H and O–H groups in total. The van der Waals surface area contributed by atoms with Gasteiger partial charge in [-0.25, -0.2) is 0 Å². The molecule has 74 valence electrons. The lowest BCUT2D eigenvalue weighted by Gasteiger charge is -2.02. The van der Waals surface area contributed by atoms with Crippen LogP contribution in [0.25, 0.3) is 0 Å². The summed E-state index contributed by atoms with van der Waals surface area (Å²) in [5.74, 6) is 1.98. The second-order valence-corrected chi connectivity index (χ2v) is 3.04. The maximum Gasteiger partial charge on any atom is 0.158 e. The Morgan fingerprint density at radius 3 is 2.62 bits per heavy atom. The summed E-state index contributed by atoms with van der Waals surface area (Å²) in [4.78, 5) is 0. The summed E-state index contributed by atoms with van der Waals surface area (Å²) in [6.45, 7) is 3.33. The van der Waals surface area contributed by atoms with Crippen LogP contribution in [0.15, 0.2) is 0 Å². The quantitative estimate of drug-likeness (QED) is 0.538. The van der Waals surface area contributed by atoms with E-state index < -0.39 is 0 Å². The van der Waals surface area contributed by atoms with Crippen LogP contribution in [0.4, 0.5) is 0 Å². The van der Waals surface area contributed by atoms with Crippen LogP contribution < -0.4 is 0 Å². The van der Waals surface area contributed by atoms with Gasteiger partial charge < -0.3 is 9.30 Å². The average molecular weight is 204 g/mol. The van der Waals surface area contributed by atoms with Crippen LogP contribution in [0.3, 0.4) is 0 Å². The first kappa shape index (κ1) is 10.5. The summed E-state index contributed by atoms with van der Waals surface area (Å²) in [5, 5.41) is 7.88.